The van der Waals surface area contributed by atoms with E-state index >= 15 is 0 Å². The van der Waals surface area contributed by atoms with Gasteiger partial charge in [-0.25, -0.2) is 5.43 Å². The van der Waals surface area contributed by atoms with Crippen LogP contribution in [0, 0.1) is 0 Å². The molecule has 0 spiro atoms. The number of nitrogens with zero attached hydrogens (tertiary/aromatic N) is 1. The minimum atomic E-state index is -4.45. The minimum Gasteiger partial charge on any atom is -0.455 e. The molecule has 2 aromatic carbocycles. The van der Waals surface area contributed by atoms with E-state index in [1.54, 1.807) is 30.3 Å². The lowest BCUT2D eigenvalue weighted by molar-refractivity contribution is -0.137. The van der Waals surface area contributed by atoms with Gasteiger partial charge in [0.05, 0.1) is 11.8 Å². The second-order valence-corrected chi connectivity index (χ2v) is 5.83. The van der Waals surface area contributed by atoms with E-state index in [-0.39, 0.29) is 17.1 Å². The third-order valence-electron chi connectivity index (χ3n) is 3.83. The molecule has 0 fully saturated rings. The molecule has 28 heavy (non-hydrogen) atoms. The first-order valence-electron chi connectivity index (χ1n) is 8.18. The minimum absolute atomic E-state index is 0.224. The zero-order chi connectivity index (χ0) is 20.1. The predicted molar refractivity (Wildman–Crippen MR) is 96.3 cm³/mol. The van der Waals surface area contributed by atoms with Crippen LogP contribution in [0.25, 0.3) is 11.3 Å². The summed E-state index contributed by atoms with van der Waals surface area (Å²) in [6.45, 7) is 0. The third-order valence-corrected chi connectivity index (χ3v) is 3.83. The van der Waals surface area contributed by atoms with E-state index in [1.807, 2.05) is 0 Å². The zero-order valence-electron chi connectivity index (χ0n) is 14.4. The molecule has 3 aromatic rings. The molecular formula is C20H15F3N2O3. The summed E-state index contributed by atoms with van der Waals surface area (Å²) in [5.41, 5.74) is 2.08. The number of rotatable bonds is 5. The Morgan fingerprint density at radius 3 is 2.54 bits per heavy atom. The van der Waals surface area contributed by atoms with Gasteiger partial charge in [-0.1, -0.05) is 42.5 Å². The molecule has 144 valence electrons. The number of benzene rings is 2. The summed E-state index contributed by atoms with van der Waals surface area (Å²) in [5.74, 6) is -0.280. The van der Waals surface area contributed by atoms with E-state index in [1.165, 1.54) is 30.5 Å². The Morgan fingerprint density at radius 1 is 1.07 bits per heavy atom. The molecule has 0 saturated heterocycles. The highest BCUT2D eigenvalue weighted by atomic mass is 19.4. The Morgan fingerprint density at radius 2 is 1.82 bits per heavy atom. The number of alkyl halides is 3. The summed E-state index contributed by atoms with van der Waals surface area (Å²) in [4.78, 5) is 11.9. The molecule has 0 radical (unpaired) electrons. The van der Waals surface area contributed by atoms with Gasteiger partial charge in [-0.3, -0.25) is 4.79 Å². The second kappa shape index (κ2) is 8.10. The van der Waals surface area contributed by atoms with E-state index in [0.29, 0.717) is 5.56 Å². The maximum atomic E-state index is 12.8. The lowest BCUT2D eigenvalue weighted by Gasteiger charge is -2.08. The molecule has 0 aliphatic carbocycles. The quantitative estimate of drug-likeness (QED) is 0.509. The van der Waals surface area contributed by atoms with Crippen LogP contribution in [0.4, 0.5) is 13.2 Å². The summed E-state index contributed by atoms with van der Waals surface area (Å²) < 4.78 is 43.9. The SMILES string of the molecule is O=C(NN=Cc1ccc(-c2cccc(C(F)(F)F)c2)o1)C(O)c1ccccc1. The number of hydrogen-bond donors (Lipinski definition) is 2. The smallest absolute Gasteiger partial charge is 0.416 e. The van der Waals surface area contributed by atoms with Crippen LogP contribution in [-0.4, -0.2) is 17.2 Å². The molecule has 8 heteroatoms. The average molecular weight is 388 g/mol. The second-order valence-electron chi connectivity index (χ2n) is 5.83. The van der Waals surface area contributed by atoms with E-state index in [4.69, 9.17) is 4.42 Å². The molecule has 1 heterocycles. The fraction of sp³-hybridized carbons (Fsp3) is 0.100. The van der Waals surface area contributed by atoms with Gasteiger partial charge in [-0.2, -0.15) is 18.3 Å². The molecule has 1 unspecified atom stereocenters. The number of amides is 1. The van der Waals surface area contributed by atoms with Crippen LogP contribution < -0.4 is 5.43 Å². The van der Waals surface area contributed by atoms with Crippen LogP contribution in [0.1, 0.15) is 23.0 Å². The van der Waals surface area contributed by atoms with Crippen molar-refractivity contribution < 1.29 is 27.5 Å². The molecule has 1 aromatic heterocycles. The fourth-order valence-corrected chi connectivity index (χ4v) is 2.43. The molecule has 0 aliphatic rings. The highest BCUT2D eigenvalue weighted by molar-refractivity contribution is 5.84. The van der Waals surface area contributed by atoms with E-state index < -0.39 is 23.8 Å². The number of nitrogens with one attached hydrogen (secondary N) is 1. The first-order valence-corrected chi connectivity index (χ1v) is 8.18. The molecular weight excluding hydrogens is 373 g/mol. The number of aliphatic hydroxyl groups excluding tert-OH is 1. The summed E-state index contributed by atoms with van der Waals surface area (Å²) in [6, 6.07) is 16.1. The van der Waals surface area contributed by atoms with Gasteiger partial charge >= 0.3 is 6.18 Å². The zero-order valence-corrected chi connectivity index (χ0v) is 14.4. The van der Waals surface area contributed by atoms with Crippen LogP contribution in [0.3, 0.4) is 0 Å². The Labute approximate surface area is 158 Å². The van der Waals surface area contributed by atoms with Gasteiger partial charge in [0.15, 0.2) is 6.10 Å². The maximum absolute atomic E-state index is 12.8. The first kappa shape index (κ1) is 19.4. The summed E-state index contributed by atoms with van der Waals surface area (Å²) >= 11 is 0. The van der Waals surface area contributed by atoms with Crippen molar-refractivity contribution in [2.24, 2.45) is 5.10 Å². The maximum Gasteiger partial charge on any atom is 0.416 e. The number of carbonyl (C=O) groups excluding carboxylic acids is 1. The van der Waals surface area contributed by atoms with Gasteiger partial charge in [0, 0.05) is 5.56 Å². The molecule has 1 amide bonds. The number of hydrogen-bond acceptors (Lipinski definition) is 4. The number of furan rings is 1. The van der Waals surface area contributed by atoms with Gasteiger partial charge in [0.2, 0.25) is 0 Å². The van der Waals surface area contributed by atoms with Gasteiger partial charge in [-0.15, -0.1) is 0 Å². The molecule has 0 aliphatic heterocycles. The Hall–Kier alpha value is -3.39. The molecule has 2 N–H and O–H groups in total. The van der Waals surface area contributed by atoms with Gasteiger partial charge < -0.3 is 9.52 Å². The molecule has 3 rings (SSSR count). The number of hydrazone groups is 1. The first-order chi connectivity index (χ1) is 13.3. The number of halogens is 3. The van der Waals surface area contributed by atoms with Gasteiger partial charge in [-0.05, 0) is 29.8 Å². The van der Waals surface area contributed by atoms with E-state index in [9.17, 15) is 23.1 Å². The Bertz CT molecular complexity index is 982. The largest absolute Gasteiger partial charge is 0.455 e. The molecule has 0 saturated carbocycles. The normalized spacial score (nSPS) is 12.9. The van der Waals surface area contributed by atoms with Crippen LogP contribution >= 0.6 is 0 Å². The van der Waals surface area contributed by atoms with Crippen molar-refractivity contribution in [1.29, 1.82) is 0 Å². The topological polar surface area (TPSA) is 74.8 Å². The average Bonchev–Trinajstić information content (AvgIpc) is 3.16. The number of aliphatic hydroxyl groups is 1. The van der Waals surface area contributed by atoms with Crippen molar-refractivity contribution in [2.45, 2.75) is 12.3 Å². The highest BCUT2D eigenvalue weighted by Gasteiger charge is 2.30. The standard InChI is InChI=1S/C20H15F3N2O3/c21-20(22,23)15-8-4-7-14(11-15)17-10-9-16(28-17)12-24-25-19(27)18(26)13-5-2-1-3-6-13/h1-12,18,26H,(H,25,27). The van der Waals surface area contributed by atoms with Crippen LogP contribution in [0.15, 0.2) is 76.2 Å². The lowest BCUT2D eigenvalue weighted by atomic mass is 10.1. The van der Waals surface area contributed by atoms with E-state index in [0.717, 1.165) is 12.1 Å². The van der Waals surface area contributed by atoms with Gasteiger partial charge in [0.1, 0.15) is 11.5 Å². The van der Waals surface area contributed by atoms with Crippen molar-refractivity contribution in [2.75, 3.05) is 0 Å². The van der Waals surface area contributed by atoms with Gasteiger partial charge in [0.25, 0.3) is 5.91 Å². The fourth-order valence-electron chi connectivity index (χ4n) is 2.43. The monoisotopic (exact) mass is 388 g/mol. The van der Waals surface area contributed by atoms with Crippen molar-refractivity contribution in [3.05, 3.63) is 83.6 Å². The molecule has 0 bridgehead atoms. The summed E-state index contributed by atoms with van der Waals surface area (Å²) in [5, 5.41) is 13.6. The third kappa shape index (κ3) is 4.66. The van der Waals surface area contributed by atoms with Crippen LogP contribution in [0.2, 0.25) is 0 Å². The van der Waals surface area contributed by atoms with E-state index in [2.05, 4.69) is 10.5 Å². The Balaban J connectivity index is 1.66. The summed E-state index contributed by atoms with van der Waals surface area (Å²) in [6.07, 6.45) is -4.64. The Kier molecular flexibility index (Phi) is 5.60. The number of carbonyl (C=O) groups is 1. The molecule has 5 nitrogen and oxygen atoms in total. The van der Waals surface area contributed by atoms with Crippen molar-refractivity contribution in [3.8, 4) is 11.3 Å². The van der Waals surface area contributed by atoms with Crippen LogP contribution in [0.5, 0.6) is 0 Å². The summed E-state index contributed by atoms with van der Waals surface area (Å²) in [7, 11) is 0. The molecule has 1 atom stereocenters. The lowest BCUT2D eigenvalue weighted by Crippen LogP contribution is -2.25. The van der Waals surface area contributed by atoms with Crippen molar-refractivity contribution in [3.63, 3.8) is 0 Å². The highest BCUT2D eigenvalue weighted by Crippen LogP contribution is 2.32. The predicted octanol–water partition coefficient (Wildman–Crippen LogP) is 4.15. The van der Waals surface area contributed by atoms with Crippen LogP contribution in [-0.2, 0) is 11.0 Å². The van der Waals surface area contributed by atoms with Crippen molar-refractivity contribution in [1.82, 2.24) is 5.43 Å². The van der Waals surface area contributed by atoms with Crippen molar-refractivity contribution >= 4 is 12.1 Å².